The van der Waals surface area contributed by atoms with E-state index in [1.54, 1.807) is 7.05 Å². The molecule has 1 fully saturated rings. The van der Waals surface area contributed by atoms with Crippen LogP contribution in [-0.4, -0.2) is 26.6 Å². The van der Waals surface area contributed by atoms with Gasteiger partial charge in [0.1, 0.15) is 0 Å². The molecule has 0 atom stereocenters. The second-order valence-corrected chi connectivity index (χ2v) is 4.84. The van der Waals surface area contributed by atoms with Gasteiger partial charge in [0, 0.05) is 31.1 Å². The molecule has 1 aliphatic rings. The third kappa shape index (κ3) is 3.29. The summed E-state index contributed by atoms with van der Waals surface area (Å²) in [5, 5.41) is 7.22. The van der Waals surface area contributed by atoms with Gasteiger partial charge in [-0.1, -0.05) is 29.8 Å². The molecule has 18 heavy (non-hydrogen) atoms. The Morgan fingerprint density at radius 3 is 2.56 bits per heavy atom. The standard InChI is InChI=1S/C13H18ClN3.HI/c1-15-12(16-2)17-9-13(7-8-13)10-5-3-4-6-11(10)14;/h3-6H,7-9H2,1-2H3,(H2,15,16,17);1H. The fourth-order valence-electron chi connectivity index (χ4n) is 2.12. The van der Waals surface area contributed by atoms with Crippen molar-refractivity contribution in [3.05, 3.63) is 34.9 Å². The van der Waals surface area contributed by atoms with Gasteiger partial charge in [-0.25, -0.2) is 0 Å². The Labute approximate surface area is 130 Å². The zero-order valence-electron chi connectivity index (χ0n) is 10.7. The molecule has 0 aliphatic heterocycles. The summed E-state index contributed by atoms with van der Waals surface area (Å²) in [4.78, 5) is 4.11. The van der Waals surface area contributed by atoms with Crippen molar-refractivity contribution >= 4 is 41.5 Å². The number of hydrogen-bond donors (Lipinski definition) is 2. The molecular weight excluding hydrogens is 361 g/mol. The van der Waals surface area contributed by atoms with Crippen molar-refractivity contribution in [1.82, 2.24) is 10.6 Å². The highest BCUT2D eigenvalue weighted by molar-refractivity contribution is 14.0. The molecule has 5 heteroatoms. The number of guanidine groups is 1. The van der Waals surface area contributed by atoms with E-state index in [1.165, 1.54) is 18.4 Å². The minimum absolute atomic E-state index is 0. The highest BCUT2D eigenvalue weighted by Gasteiger charge is 2.45. The molecular formula is C13H19ClIN3. The maximum absolute atomic E-state index is 6.26. The zero-order valence-corrected chi connectivity index (χ0v) is 13.8. The molecule has 0 radical (unpaired) electrons. The minimum Gasteiger partial charge on any atom is -0.359 e. The van der Waals surface area contributed by atoms with E-state index in [2.05, 4.69) is 21.7 Å². The first-order valence-corrected chi connectivity index (χ1v) is 6.23. The molecule has 0 aromatic heterocycles. The number of nitrogens with one attached hydrogen (secondary N) is 2. The summed E-state index contributed by atoms with van der Waals surface area (Å²) in [5.74, 6) is 0.823. The van der Waals surface area contributed by atoms with E-state index in [0.29, 0.717) is 0 Å². The Bertz CT molecular complexity index is 430. The van der Waals surface area contributed by atoms with Gasteiger partial charge in [0.2, 0.25) is 0 Å². The molecule has 1 saturated carbocycles. The van der Waals surface area contributed by atoms with Crippen LogP contribution in [-0.2, 0) is 5.41 Å². The molecule has 2 N–H and O–H groups in total. The lowest BCUT2D eigenvalue weighted by Crippen LogP contribution is -2.39. The second kappa shape index (κ2) is 6.61. The highest BCUT2D eigenvalue weighted by Crippen LogP contribution is 2.49. The predicted octanol–water partition coefficient (Wildman–Crippen LogP) is 2.78. The van der Waals surface area contributed by atoms with Gasteiger partial charge in [0.15, 0.2) is 5.96 Å². The molecule has 2 rings (SSSR count). The Hall–Kier alpha value is -0.490. The number of halogens is 2. The fraction of sp³-hybridized carbons (Fsp3) is 0.462. The summed E-state index contributed by atoms with van der Waals surface area (Å²) in [5.41, 5.74) is 1.45. The van der Waals surface area contributed by atoms with Crippen molar-refractivity contribution in [2.75, 3.05) is 20.6 Å². The lowest BCUT2D eigenvalue weighted by atomic mass is 9.96. The maximum atomic E-state index is 6.26. The Balaban J connectivity index is 0.00000162. The minimum atomic E-state index is 0. The number of nitrogens with zero attached hydrogens (tertiary/aromatic N) is 1. The Kier molecular flexibility index (Phi) is 5.72. The second-order valence-electron chi connectivity index (χ2n) is 4.44. The van der Waals surface area contributed by atoms with Crippen LogP contribution in [0.1, 0.15) is 18.4 Å². The molecule has 1 aromatic rings. The first-order chi connectivity index (χ1) is 8.22. The van der Waals surface area contributed by atoms with Gasteiger partial charge in [-0.2, -0.15) is 0 Å². The lowest BCUT2D eigenvalue weighted by Gasteiger charge is -2.19. The van der Waals surface area contributed by atoms with Gasteiger partial charge >= 0.3 is 0 Å². The van der Waals surface area contributed by atoms with Crippen LogP contribution in [0.3, 0.4) is 0 Å². The van der Waals surface area contributed by atoms with Gasteiger partial charge in [-0.15, -0.1) is 24.0 Å². The quantitative estimate of drug-likeness (QED) is 0.481. The van der Waals surface area contributed by atoms with Gasteiger partial charge in [-0.05, 0) is 24.5 Å². The van der Waals surface area contributed by atoms with E-state index < -0.39 is 0 Å². The van der Waals surface area contributed by atoms with Crippen molar-refractivity contribution in [3.63, 3.8) is 0 Å². The van der Waals surface area contributed by atoms with Crippen LogP contribution < -0.4 is 10.6 Å². The summed E-state index contributed by atoms with van der Waals surface area (Å²) < 4.78 is 0. The van der Waals surface area contributed by atoms with Gasteiger partial charge < -0.3 is 10.6 Å². The van der Waals surface area contributed by atoms with Crippen LogP contribution >= 0.6 is 35.6 Å². The van der Waals surface area contributed by atoms with Crippen LogP contribution in [0.25, 0.3) is 0 Å². The van der Waals surface area contributed by atoms with Crippen molar-refractivity contribution < 1.29 is 0 Å². The van der Waals surface area contributed by atoms with Crippen LogP contribution in [0.2, 0.25) is 5.02 Å². The average Bonchev–Trinajstić information content (AvgIpc) is 3.12. The monoisotopic (exact) mass is 379 g/mol. The number of aliphatic imine (C=N–C) groups is 1. The van der Waals surface area contributed by atoms with Crippen LogP contribution in [0.15, 0.2) is 29.3 Å². The topological polar surface area (TPSA) is 36.4 Å². The van der Waals surface area contributed by atoms with Crippen molar-refractivity contribution in [3.8, 4) is 0 Å². The summed E-state index contributed by atoms with van der Waals surface area (Å²) in [6.07, 6.45) is 2.37. The highest BCUT2D eigenvalue weighted by atomic mass is 127. The van der Waals surface area contributed by atoms with Gasteiger partial charge in [-0.3, -0.25) is 4.99 Å². The van der Waals surface area contributed by atoms with E-state index in [1.807, 2.05) is 25.2 Å². The average molecular weight is 380 g/mol. The summed E-state index contributed by atoms with van der Waals surface area (Å²) >= 11 is 6.26. The van der Waals surface area contributed by atoms with Crippen molar-refractivity contribution in [2.24, 2.45) is 4.99 Å². The Morgan fingerprint density at radius 1 is 1.39 bits per heavy atom. The molecule has 0 saturated heterocycles. The lowest BCUT2D eigenvalue weighted by molar-refractivity contribution is 0.651. The summed E-state index contributed by atoms with van der Waals surface area (Å²) in [6.45, 7) is 0.879. The molecule has 1 aliphatic carbocycles. The van der Waals surface area contributed by atoms with Crippen LogP contribution in [0.5, 0.6) is 0 Å². The summed E-state index contributed by atoms with van der Waals surface area (Å²) in [6, 6.07) is 8.11. The van der Waals surface area contributed by atoms with Crippen molar-refractivity contribution in [2.45, 2.75) is 18.3 Å². The van der Waals surface area contributed by atoms with E-state index in [-0.39, 0.29) is 29.4 Å². The number of rotatable bonds is 3. The van der Waals surface area contributed by atoms with E-state index in [0.717, 1.165) is 17.5 Å². The predicted molar refractivity (Wildman–Crippen MR) is 88.2 cm³/mol. The normalized spacial score (nSPS) is 16.7. The third-order valence-corrected chi connectivity index (χ3v) is 3.68. The van der Waals surface area contributed by atoms with E-state index >= 15 is 0 Å². The van der Waals surface area contributed by atoms with Gasteiger partial charge in [0.05, 0.1) is 0 Å². The van der Waals surface area contributed by atoms with Crippen molar-refractivity contribution in [1.29, 1.82) is 0 Å². The van der Waals surface area contributed by atoms with E-state index in [9.17, 15) is 0 Å². The molecule has 3 nitrogen and oxygen atoms in total. The van der Waals surface area contributed by atoms with Gasteiger partial charge in [0.25, 0.3) is 0 Å². The SMILES string of the molecule is CN=C(NC)NCC1(c2ccccc2Cl)CC1.I. The Morgan fingerprint density at radius 2 is 2.06 bits per heavy atom. The molecule has 100 valence electrons. The molecule has 0 unspecified atom stereocenters. The third-order valence-electron chi connectivity index (χ3n) is 3.35. The van der Waals surface area contributed by atoms with E-state index in [4.69, 9.17) is 11.6 Å². The fourth-order valence-corrected chi connectivity index (χ4v) is 2.45. The first kappa shape index (κ1) is 15.6. The van der Waals surface area contributed by atoms with Crippen LogP contribution in [0, 0.1) is 0 Å². The number of benzene rings is 1. The molecule has 0 spiro atoms. The summed E-state index contributed by atoms with van der Waals surface area (Å²) in [7, 11) is 3.64. The zero-order chi connectivity index (χ0) is 12.3. The smallest absolute Gasteiger partial charge is 0.190 e. The first-order valence-electron chi connectivity index (χ1n) is 5.85. The maximum Gasteiger partial charge on any atom is 0.190 e. The molecule has 0 heterocycles. The molecule has 0 amide bonds. The molecule has 1 aromatic carbocycles. The number of hydrogen-bond acceptors (Lipinski definition) is 1. The van der Waals surface area contributed by atoms with Crippen LogP contribution in [0.4, 0.5) is 0 Å². The largest absolute Gasteiger partial charge is 0.359 e. The molecule has 0 bridgehead atoms.